The maximum Gasteiger partial charge on any atom is 0.329 e. The van der Waals surface area contributed by atoms with Crippen LogP contribution in [-0.4, -0.2) is 30.3 Å². The number of ether oxygens (including phenoxy) is 1. The minimum Gasteiger partial charge on any atom is -0.464 e. The Morgan fingerprint density at radius 1 is 0.871 bits per heavy atom. The number of nitrogens with zero attached hydrogens (tertiary/aromatic N) is 1. The Bertz CT molecular complexity index is 1090. The van der Waals surface area contributed by atoms with E-state index < -0.39 is 17.9 Å². The van der Waals surface area contributed by atoms with E-state index in [2.05, 4.69) is 0 Å². The van der Waals surface area contributed by atoms with Crippen LogP contribution in [0.2, 0.25) is 0 Å². The SMILES string of the molecule is CCOC(=O)[C@@H]1[C@@H](CC(=O)c2ccccc2)c2ccccc2C(=O)N1c1ccccc1. The molecule has 0 radical (unpaired) electrons. The van der Waals surface area contributed by atoms with Gasteiger partial charge in [-0.2, -0.15) is 0 Å². The molecule has 0 saturated heterocycles. The van der Waals surface area contributed by atoms with Crippen LogP contribution < -0.4 is 4.90 Å². The molecule has 0 bridgehead atoms. The fourth-order valence-electron chi connectivity index (χ4n) is 4.15. The van der Waals surface area contributed by atoms with Gasteiger partial charge in [0.2, 0.25) is 0 Å². The molecule has 5 heteroatoms. The van der Waals surface area contributed by atoms with E-state index in [0.29, 0.717) is 22.4 Å². The molecule has 156 valence electrons. The van der Waals surface area contributed by atoms with E-state index in [9.17, 15) is 14.4 Å². The molecule has 2 atom stereocenters. The molecule has 3 aromatic rings. The minimum atomic E-state index is -0.933. The maximum absolute atomic E-state index is 13.5. The Kier molecular flexibility index (Phi) is 5.94. The van der Waals surface area contributed by atoms with Gasteiger partial charge in [-0.1, -0.05) is 66.7 Å². The highest BCUT2D eigenvalue weighted by molar-refractivity contribution is 6.13. The number of carbonyl (C=O) groups is 3. The summed E-state index contributed by atoms with van der Waals surface area (Å²) in [6.07, 6.45) is 0.0844. The van der Waals surface area contributed by atoms with Gasteiger partial charge < -0.3 is 4.74 Å². The molecular formula is C26H23NO4. The van der Waals surface area contributed by atoms with Crippen molar-refractivity contribution in [1.29, 1.82) is 0 Å². The van der Waals surface area contributed by atoms with Crippen LogP contribution in [-0.2, 0) is 9.53 Å². The number of para-hydroxylation sites is 1. The Hall–Kier alpha value is -3.73. The van der Waals surface area contributed by atoms with Crippen molar-refractivity contribution in [2.45, 2.75) is 25.3 Å². The molecule has 0 fully saturated rings. The predicted octanol–water partition coefficient (Wildman–Crippen LogP) is 4.64. The molecule has 0 aliphatic carbocycles. The van der Waals surface area contributed by atoms with Gasteiger partial charge in [0.15, 0.2) is 5.78 Å². The van der Waals surface area contributed by atoms with Gasteiger partial charge in [0.05, 0.1) is 6.61 Å². The van der Waals surface area contributed by atoms with E-state index in [-0.39, 0.29) is 24.7 Å². The molecule has 1 aliphatic heterocycles. The number of Topliss-reactive ketones (excluding diaryl/α,β-unsaturated/α-hetero) is 1. The molecule has 0 N–H and O–H groups in total. The van der Waals surface area contributed by atoms with Crippen molar-refractivity contribution < 1.29 is 19.1 Å². The molecule has 0 aromatic heterocycles. The van der Waals surface area contributed by atoms with Crippen LogP contribution in [0.5, 0.6) is 0 Å². The summed E-state index contributed by atoms with van der Waals surface area (Å²) in [5, 5.41) is 0. The van der Waals surface area contributed by atoms with E-state index in [4.69, 9.17) is 4.74 Å². The van der Waals surface area contributed by atoms with Crippen molar-refractivity contribution in [3.05, 3.63) is 102 Å². The Morgan fingerprint density at radius 2 is 1.48 bits per heavy atom. The van der Waals surface area contributed by atoms with Crippen molar-refractivity contribution in [2.24, 2.45) is 0 Å². The van der Waals surface area contributed by atoms with E-state index in [0.717, 1.165) is 0 Å². The molecule has 4 rings (SSSR count). The highest BCUT2D eigenvalue weighted by atomic mass is 16.5. The Labute approximate surface area is 181 Å². The molecule has 1 aliphatic rings. The van der Waals surface area contributed by atoms with Crippen LogP contribution >= 0.6 is 0 Å². The number of anilines is 1. The first kappa shape index (κ1) is 20.5. The highest BCUT2D eigenvalue weighted by Crippen LogP contribution is 2.39. The van der Waals surface area contributed by atoms with Crippen molar-refractivity contribution >= 4 is 23.3 Å². The van der Waals surface area contributed by atoms with Crippen molar-refractivity contribution in [2.75, 3.05) is 11.5 Å². The van der Waals surface area contributed by atoms with E-state index in [1.54, 1.807) is 43.3 Å². The molecule has 5 nitrogen and oxygen atoms in total. The van der Waals surface area contributed by atoms with Gasteiger partial charge in [-0.15, -0.1) is 0 Å². The second-order valence-corrected chi connectivity index (χ2v) is 7.39. The molecule has 0 saturated carbocycles. The van der Waals surface area contributed by atoms with E-state index >= 15 is 0 Å². The number of hydrogen-bond donors (Lipinski definition) is 0. The first-order valence-corrected chi connectivity index (χ1v) is 10.3. The number of carbonyl (C=O) groups excluding carboxylic acids is 3. The van der Waals surface area contributed by atoms with E-state index in [1.807, 2.05) is 48.5 Å². The lowest BCUT2D eigenvalue weighted by molar-refractivity contribution is -0.145. The smallest absolute Gasteiger partial charge is 0.329 e. The molecule has 1 heterocycles. The van der Waals surface area contributed by atoms with Gasteiger partial charge in [0.25, 0.3) is 5.91 Å². The number of amides is 1. The molecule has 0 unspecified atom stereocenters. The third kappa shape index (κ3) is 3.99. The van der Waals surface area contributed by atoms with Crippen molar-refractivity contribution in [1.82, 2.24) is 0 Å². The normalized spacial score (nSPS) is 17.7. The first-order valence-electron chi connectivity index (χ1n) is 10.3. The predicted molar refractivity (Wildman–Crippen MR) is 118 cm³/mol. The monoisotopic (exact) mass is 413 g/mol. The standard InChI is InChI=1S/C26H23NO4/c1-2-31-26(30)24-22(17-23(28)18-11-5-3-6-12-18)20-15-9-10-16-21(20)25(29)27(24)19-13-7-4-8-14-19/h3-16,22,24H,2,17H2,1H3/t22-,24-/m0/s1. The largest absolute Gasteiger partial charge is 0.464 e. The Balaban J connectivity index is 1.84. The topological polar surface area (TPSA) is 63.7 Å². The number of rotatable bonds is 6. The molecule has 1 amide bonds. The second-order valence-electron chi connectivity index (χ2n) is 7.39. The summed E-state index contributed by atoms with van der Waals surface area (Å²) >= 11 is 0. The van der Waals surface area contributed by atoms with Crippen LogP contribution in [0.15, 0.2) is 84.9 Å². The zero-order valence-corrected chi connectivity index (χ0v) is 17.2. The minimum absolute atomic E-state index is 0.0844. The van der Waals surface area contributed by atoms with Crippen LogP contribution in [0.4, 0.5) is 5.69 Å². The van der Waals surface area contributed by atoms with Gasteiger partial charge in [0.1, 0.15) is 6.04 Å². The second kappa shape index (κ2) is 8.96. The van der Waals surface area contributed by atoms with Crippen molar-refractivity contribution in [3.8, 4) is 0 Å². The fourth-order valence-corrected chi connectivity index (χ4v) is 4.15. The summed E-state index contributed by atoms with van der Waals surface area (Å²) in [5.41, 5.74) is 2.36. The van der Waals surface area contributed by atoms with Gasteiger partial charge in [0, 0.05) is 29.2 Å². The van der Waals surface area contributed by atoms with Gasteiger partial charge in [-0.25, -0.2) is 4.79 Å². The van der Waals surface area contributed by atoms with Crippen LogP contribution in [0, 0.1) is 0 Å². The lowest BCUT2D eigenvalue weighted by Crippen LogP contribution is -2.53. The third-order valence-corrected chi connectivity index (χ3v) is 5.53. The summed E-state index contributed by atoms with van der Waals surface area (Å²) < 4.78 is 5.37. The zero-order chi connectivity index (χ0) is 21.8. The van der Waals surface area contributed by atoms with Crippen molar-refractivity contribution in [3.63, 3.8) is 0 Å². The zero-order valence-electron chi connectivity index (χ0n) is 17.2. The highest BCUT2D eigenvalue weighted by Gasteiger charge is 2.46. The molecule has 31 heavy (non-hydrogen) atoms. The summed E-state index contributed by atoms with van der Waals surface area (Å²) in [5.74, 6) is -1.40. The van der Waals surface area contributed by atoms with Gasteiger partial charge in [-0.3, -0.25) is 14.5 Å². The number of benzene rings is 3. The van der Waals surface area contributed by atoms with E-state index in [1.165, 1.54) is 4.90 Å². The van der Waals surface area contributed by atoms with Crippen LogP contribution in [0.1, 0.15) is 45.5 Å². The summed E-state index contributed by atoms with van der Waals surface area (Å²) in [6.45, 7) is 1.92. The summed E-state index contributed by atoms with van der Waals surface area (Å²) in [6, 6.07) is 24.3. The summed E-state index contributed by atoms with van der Waals surface area (Å²) in [4.78, 5) is 41.2. The molecule has 0 spiro atoms. The molecule has 3 aromatic carbocycles. The molecular weight excluding hydrogens is 390 g/mol. The Morgan fingerprint density at radius 3 is 2.16 bits per heavy atom. The lowest BCUT2D eigenvalue weighted by Gasteiger charge is -2.40. The third-order valence-electron chi connectivity index (χ3n) is 5.53. The quantitative estimate of drug-likeness (QED) is 0.436. The van der Waals surface area contributed by atoms with Crippen LogP contribution in [0.25, 0.3) is 0 Å². The number of ketones is 1. The average molecular weight is 413 g/mol. The number of esters is 1. The summed E-state index contributed by atoms with van der Waals surface area (Å²) in [7, 11) is 0. The van der Waals surface area contributed by atoms with Gasteiger partial charge in [-0.05, 0) is 30.7 Å². The number of fused-ring (bicyclic) bond motifs is 1. The lowest BCUT2D eigenvalue weighted by atomic mass is 9.79. The van der Waals surface area contributed by atoms with Gasteiger partial charge >= 0.3 is 5.97 Å². The average Bonchev–Trinajstić information content (AvgIpc) is 2.81. The number of hydrogen-bond acceptors (Lipinski definition) is 4. The van der Waals surface area contributed by atoms with Crippen LogP contribution in [0.3, 0.4) is 0 Å². The first-order chi connectivity index (χ1) is 15.1. The fraction of sp³-hybridized carbons (Fsp3) is 0.192. The maximum atomic E-state index is 13.5.